The van der Waals surface area contributed by atoms with Crippen molar-refractivity contribution in [3.8, 4) is 0 Å². The average molecular weight is 453 g/mol. The van der Waals surface area contributed by atoms with E-state index in [0.29, 0.717) is 42.1 Å². The topological polar surface area (TPSA) is 106 Å². The van der Waals surface area contributed by atoms with E-state index in [1.165, 1.54) is 24.1 Å². The Bertz CT molecular complexity index is 1120. The monoisotopic (exact) mass is 452 g/mol. The molecule has 32 heavy (non-hydrogen) atoms. The third-order valence-electron chi connectivity index (χ3n) is 6.47. The van der Waals surface area contributed by atoms with E-state index < -0.39 is 0 Å². The molecule has 0 aromatic carbocycles. The van der Waals surface area contributed by atoms with E-state index in [0.717, 1.165) is 35.4 Å². The summed E-state index contributed by atoms with van der Waals surface area (Å²) in [7, 11) is 0. The molecule has 4 N–H and O–H groups in total. The van der Waals surface area contributed by atoms with Gasteiger partial charge in [-0.1, -0.05) is 6.42 Å². The second-order valence-electron chi connectivity index (χ2n) is 8.70. The number of H-pyrrole nitrogens is 1. The number of aliphatic hydroxyl groups excluding tert-OH is 1. The van der Waals surface area contributed by atoms with Gasteiger partial charge in [-0.25, -0.2) is 11.6 Å². The average Bonchev–Trinajstić information content (AvgIpc) is 3.37. The number of nitrogens with one attached hydrogen (secondary N) is 3. The molecule has 2 aliphatic heterocycles. The summed E-state index contributed by atoms with van der Waals surface area (Å²) in [5.74, 6) is 1.98. The first-order valence-corrected chi connectivity index (χ1v) is 12.0. The Labute approximate surface area is 191 Å². The van der Waals surface area contributed by atoms with Gasteiger partial charge < -0.3 is 20.6 Å². The zero-order valence-corrected chi connectivity index (χ0v) is 19.0. The van der Waals surface area contributed by atoms with Crippen LogP contribution in [0.1, 0.15) is 42.7 Å². The molecular formula is C22H28N8OS. The van der Waals surface area contributed by atoms with Crippen LogP contribution in [0.2, 0.25) is 0 Å². The Balaban J connectivity index is 1.37. The minimum Gasteiger partial charge on any atom is -0.390 e. The molecule has 2 saturated heterocycles. The normalized spacial score (nSPS) is 23.2. The van der Waals surface area contributed by atoms with Crippen LogP contribution in [-0.2, 0) is 6.61 Å². The van der Waals surface area contributed by atoms with E-state index in [9.17, 15) is 5.11 Å². The molecule has 0 saturated carbocycles. The maximum absolute atomic E-state index is 9.30. The van der Waals surface area contributed by atoms with Gasteiger partial charge in [-0.05, 0) is 38.7 Å². The maximum Gasteiger partial charge on any atom is 0.227 e. The molecule has 3 aromatic rings. The van der Waals surface area contributed by atoms with Crippen molar-refractivity contribution in [1.82, 2.24) is 25.1 Å². The third-order valence-corrected chi connectivity index (χ3v) is 7.52. The molecule has 2 fully saturated rings. The molecule has 9 nitrogen and oxygen atoms in total. The lowest BCUT2D eigenvalue weighted by Crippen LogP contribution is -2.55. The van der Waals surface area contributed by atoms with Crippen LogP contribution in [0.25, 0.3) is 15.1 Å². The molecule has 168 valence electrons. The summed E-state index contributed by atoms with van der Waals surface area (Å²) < 4.78 is 0.993. The molecule has 0 spiro atoms. The van der Waals surface area contributed by atoms with Gasteiger partial charge in [0.25, 0.3) is 0 Å². The lowest BCUT2D eigenvalue weighted by molar-refractivity contribution is 0.0394. The fourth-order valence-electron chi connectivity index (χ4n) is 5.14. The van der Waals surface area contributed by atoms with Crippen LogP contribution in [0.4, 0.5) is 17.6 Å². The number of hydrogen-bond acceptors (Lipinski definition) is 8. The van der Waals surface area contributed by atoms with E-state index in [4.69, 9.17) is 16.5 Å². The fourth-order valence-corrected chi connectivity index (χ4v) is 6.03. The van der Waals surface area contributed by atoms with E-state index in [-0.39, 0.29) is 6.61 Å². The molecule has 10 heteroatoms. The minimum absolute atomic E-state index is 0.0876. The van der Waals surface area contributed by atoms with Crippen molar-refractivity contribution in [2.45, 2.75) is 63.8 Å². The van der Waals surface area contributed by atoms with Crippen molar-refractivity contribution in [2.75, 3.05) is 23.7 Å². The summed E-state index contributed by atoms with van der Waals surface area (Å²) in [5, 5.41) is 23.2. The van der Waals surface area contributed by atoms with Crippen molar-refractivity contribution in [3.63, 3.8) is 0 Å². The Kier molecular flexibility index (Phi) is 5.95. The quantitative estimate of drug-likeness (QED) is 0.405. The van der Waals surface area contributed by atoms with E-state index in [1.54, 1.807) is 17.4 Å². The number of nitrogens with zero attached hydrogens (tertiary/aromatic N) is 5. The van der Waals surface area contributed by atoms with E-state index >= 15 is 0 Å². The van der Waals surface area contributed by atoms with E-state index in [2.05, 4.69) is 43.6 Å². The number of fused-ring (bicyclic) bond motifs is 3. The molecule has 3 aromatic heterocycles. The lowest BCUT2D eigenvalue weighted by atomic mass is 9.82. The Hall–Kier alpha value is -2.74. The van der Waals surface area contributed by atoms with Gasteiger partial charge in [0.1, 0.15) is 0 Å². The molecule has 5 rings (SSSR count). The Morgan fingerprint density at radius 3 is 2.81 bits per heavy atom. The van der Waals surface area contributed by atoms with Gasteiger partial charge in [-0.3, -0.25) is 10.00 Å². The third kappa shape index (κ3) is 4.28. The lowest BCUT2D eigenvalue weighted by Gasteiger charge is -2.48. The van der Waals surface area contributed by atoms with Gasteiger partial charge in [0.05, 0.1) is 29.1 Å². The van der Waals surface area contributed by atoms with Crippen molar-refractivity contribution >= 4 is 39.1 Å². The number of aliphatic hydroxyl groups is 1. The van der Waals surface area contributed by atoms with Gasteiger partial charge in [0.2, 0.25) is 12.5 Å². The van der Waals surface area contributed by atoms with Crippen LogP contribution < -0.4 is 10.6 Å². The van der Waals surface area contributed by atoms with Crippen LogP contribution in [0.5, 0.6) is 0 Å². The van der Waals surface area contributed by atoms with Crippen molar-refractivity contribution < 1.29 is 5.11 Å². The highest BCUT2D eigenvalue weighted by molar-refractivity contribution is 7.19. The smallest absolute Gasteiger partial charge is 0.227 e. The first kappa shape index (κ1) is 21.1. The number of piperidine rings is 2. The van der Waals surface area contributed by atoms with Gasteiger partial charge in [-0.2, -0.15) is 10.1 Å². The zero-order valence-electron chi connectivity index (χ0n) is 18.1. The molecule has 0 amide bonds. The zero-order chi connectivity index (χ0) is 22.1. The molecule has 5 heterocycles. The summed E-state index contributed by atoms with van der Waals surface area (Å²) in [4.78, 5) is 16.9. The van der Waals surface area contributed by atoms with Crippen LogP contribution in [0.3, 0.4) is 0 Å². The summed E-state index contributed by atoms with van der Waals surface area (Å²) >= 11 is 1.65. The number of aromatic amines is 1. The number of hydrogen-bond donors (Lipinski definition) is 4. The highest BCUT2D eigenvalue weighted by Gasteiger charge is 2.38. The standard InChI is InChI=1S/C22H28N8OS/c1-13-8-18-20(32-13)21(26-19-11-15(12-31)28-29-19)27-22(25-18)24-14-9-16-4-3-5-17(10-14)30(16)7-6-23-2/h8,11,14,16-17,31H,3-7,9-10,12H2,1H3,(H3,24,25,26,27,28,29)/t14?,16-,17+. The number of aromatic nitrogens is 4. The highest BCUT2D eigenvalue weighted by atomic mass is 32.1. The number of rotatable bonds is 7. The largest absolute Gasteiger partial charge is 0.390 e. The van der Waals surface area contributed by atoms with Crippen molar-refractivity contribution in [1.29, 1.82) is 0 Å². The summed E-state index contributed by atoms with van der Waals surface area (Å²) in [5.41, 5.74) is 1.56. The molecule has 0 aliphatic carbocycles. The molecule has 1 unspecified atom stereocenters. The number of aryl methyl sites for hydroxylation is 1. The van der Waals surface area contributed by atoms with Crippen LogP contribution in [0.15, 0.2) is 12.1 Å². The Morgan fingerprint density at radius 1 is 1.28 bits per heavy atom. The summed E-state index contributed by atoms with van der Waals surface area (Å²) in [6.07, 6.45) is 5.80. The number of anilines is 3. The van der Waals surface area contributed by atoms with Crippen LogP contribution in [0, 0.1) is 13.5 Å². The summed E-state index contributed by atoms with van der Waals surface area (Å²) in [6.45, 7) is 10.6. The molecule has 2 bridgehead atoms. The van der Waals surface area contributed by atoms with Crippen molar-refractivity contribution in [2.24, 2.45) is 0 Å². The van der Waals surface area contributed by atoms with Crippen LogP contribution in [-0.4, -0.2) is 61.4 Å². The fraction of sp³-hybridized carbons (Fsp3) is 0.545. The Morgan fingerprint density at radius 2 is 2.09 bits per heavy atom. The van der Waals surface area contributed by atoms with Gasteiger partial charge >= 0.3 is 0 Å². The van der Waals surface area contributed by atoms with Gasteiger partial charge in [0, 0.05) is 29.1 Å². The molecular weight excluding hydrogens is 424 g/mol. The molecule has 0 radical (unpaired) electrons. The van der Waals surface area contributed by atoms with Crippen molar-refractivity contribution in [3.05, 3.63) is 34.1 Å². The minimum atomic E-state index is -0.0876. The predicted octanol–water partition coefficient (Wildman–Crippen LogP) is 3.68. The first-order chi connectivity index (χ1) is 15.6. The van der Waals surface area contributed by atoms with E-state index in [1.807, 2.05) is 0 Å². The predicted molar refractivity (Wildman–Crippen MR) is 126 cm³/mol. The summed E-state index contributed by atoms with van der Waals surface area (Å²) in [6, 6.07) is 5.26. The second-order valence-corrected chi connectivity index (χ2v) is 9.96. The first-order valence-electron chi connectivity index (χ1n) is 11.2. The molecule has 3 atom stereocenters. The maximum atomic E-state index is 9.30. The second kappa shape index (κ2) is 9.02. The number of thiophene rings is 1. The SMILES string of the molecule is [C-]#[N+]CCN1[C@@H]2CCC[C@H]1CC(Nc1nc(Nc3cc(CO)[nH]n3)c3sc(C)cc3n1)C2. The molecule has 2 aliphatic rings. The van der Waals surface area contributed by atoms with Gasteiger partial charge in [-0.15, -0.1) is 11.3 Å². The highest BCUT2D eigenvalue weighted by Crippen LogP contribution is 2.36. The van der Waals surface area contributed by atoms with Crippen LogP contribution >= 0.6 is 11.3 Å². The van der Waals surface area contributed by atoms with Gasteiger partial charge in [0.15, 0.2) is 11.6 Å².